The maximum Gasteiger partial charge on any atom is 0.339 e. The standard InChI is InChI=1S/C18H17ClFNO4/c1-3-24-18(23)15-9-6-13(10-16(15)19)21-17(22)11(2)25-14-7-4-12(20)5-8-14/h4-11H,3H2,1-2H3,(H,21,22)/t11-/m0/s1. The fraction of sp³-hybridized carbons (Fsp3) is 0.222. The van der Waals surface area contributed by atoms with Crippen LogP contribution in [0.2, 0.25) is 5.02 Å². The minimum absolute atomic E-state index is 0.170. The van der Waals surface area contributed by atoms with Gasteiger partial charge >= 0.3 is 5.97 Å². The van der Waals surface area contributed by atoms with Crippen molar-refractivity contribution in [3.05, 3.63) is 58.9 Å². The van der Waals surface area contributed by atoms with E-state index < -0.39 is 18.0 Å². The lowest BCUT2D eigenvalue weighted by Crippen LogP contribution is -2.30. The molecule has 132 valence electrons. The molecule has 0 aliphatic carbocycles. The Morgan fingerprint density at radius 1 is 1.20 bits per heavy atom. The van der Waals surface area contributed by atoms with Crippen LogP contribution in [0.1, 0.15) is 24.2 Å². The summed E-state index contributed by atoms with van der Waals surface area (Å²) >= 11 is 6.05. The van der Waals surface area contributed by atoms with Gasteiger partial charge in [0, 0.05) is 5.69 Å². The van der Waals surface area contributed by atoms with Crippen molar-refractivity contribution in [2.75, 3.05) is 11.9 Å². The first-order valence-electron chi connectivity index (χ1n) is 7.60. The van der Waals surface area contributed by atoms with E-state index in [1.807, 2.05) is 0 Å². The largest absolute Gasteiger partial charge is 0.481 e. The summed E-state index contributed by atoms with van der Waals surface area (Å²) in [6.45, 7) is 3.50. The Labute approximate surface area is 149 Å². The summed E-state index contributed by atoms with van der Waals surface area (Å²) in [6, 6.07) is 9.83. The van der Waals surface area contributed by atoms with Crippen LogP contribution in [0.4, 0.5) is 10.1 Å². The zero-order chi connectivity index (χ0) is 18.4. The van der Waals surface area contributed by atoms with Crippen LogP contribution in [0.3, 0.4) is 0 Å². The number of ether oxygens (including phenoxy) is 2. The molecule has 0 aromatic heterocycles. The zero-order valence-electron chi connectivity index (χ0n) is 13.7. The predicted octanol–water partition coefficient (Wildman–Crippen LogP) is 4.06. The first kappa shape index (κ1) is 18.7. The van der Waals surface area contributed by atoms with Gasteiger partial charge in [-0.1, -0.05) is 11.6 Å². The maximum atomic E-state index is 12.9. The molecule has 5 nitrogen and oxygen atoms in total. The van der Waals surface area contributed by atoms with Crippen LogP contribution < -0.4 is 10.1 Å². The van der Waals surface area contributed by atoms with Gasteiger partial charge in [-0.25, -0.2) is 9.18 Å². The number of carbonyl (C=O) groups excluding carboxylic acids is 2. The number of carbonyl (C=O) groups is 2. The third-order valence-corrected chi connectivity index (χ3v) is 3.54. The maximum absolute atomic E-state index is 12.9. The predicted molar refractivity (Wildman–Crippen MR) is 92.5 cm³/mol. The van der Waals surface area contributed by atoms with Crippen molar-refractivity contribution in [2.24, 2.45) is 0 Å². The first-order valence-corrected chi connectivity index (χ1v) is 7.98. The van der Waals surface area contributed by atoms with Crippen LogP contribution >= 0.6 is 11.6 Å². The third kappa shape index (κ3) is 5.19. The van der Waals surface area contributed by atoms with E-state index in [2.05, 4.69) is 5.32 Å². The number of rotatable bonds is 6. The van der Waals surface area contributed by atoms with Crippen molar-refractivity contribution < 1.29 is 23.5 Å². The summed E-state index contributed by atoms with van der Waals surface area (Å²) in [5, 5.41) is 2.81. The van der Waals surface area contributed by atoms with Gasteiger partial charge in [0.15, 0.2) is 6.10 Å². The van der Waals surface area contributed by atoms with Crippen LogP contribution in [0.5, 0.6) is 5.75 Å². The SMILES string of the molecule is CCOC(=O)c1ccc(NC(=O)[C@H](C)Oc2ccc(F)cc2)cc1Cl. The van der Waals surface area contributed by atoms with Gasteiger partial charge in [-0.3, -0.25) is 4.79 Å². The van der Waals surface area contributed by atoms with Gasteiger partial charge in [0.1, 0.15) is 11.6 Å². The molecule has 2 aromatic rings. The first-order chi connectivity index (χ1) is 11.9. The number of halogens is 2. The van der Waals surface area contributed by atoms with Crippen LogP contribution in [0.25, 0.3) is 0 Å². The molecule has 1 N–H and O–H groups in total. The average molecular weight is 366 g/mol. The second kappa shape index (κ2) is 8.48. The zero-order valence-corrected chi connectivity index (χ0v) is 14.5. The molecule has 1 atom stereocenters. The third-order valence-electron chi connectivity index (χ3n) is 3.23. The molecule has 25 heavy (non-hydrogen) atoms. The molecule has 7 heteroatoms. The van der Waals surface area contributed by atoms with Crippen molar-refractivity contribution >= 4 is 29.2 Å². The molecule has 0 bridgehead atoms. The molecule has 0 fully saturated rings. The van der Waals surface area contributed by atoms with Crippen LogP contribution in [-0.2, 0) is 9.53 Å². The molecule has 2 rings (SSSR count). The van der Waals surface area contributed by atoms with Crippen molar-refractivity contribution in [1.29, 1.82) is 0 Å². The van der Waals surface area contributed by atoms with Crippen molar-refractivity contribution in [2.45, 2.75) is 20.0 Å². The minimum atomic E-state index is -0.811. The molecular formula is C18H17ClFNO4. The van der Waals surface area contributed by atoms with Gasteiger partial charge in [0.05, 0.1) is 17.2 Å². The summed E-state index contributed by atoms with van der Waals surface area (Å²) in [4.78, 5) is 23.9. The van der Waals surface area contributed by atoms with Crippen molar-refractivity contribution in [1.82, 2.24) is 0 Å². The van der Waals surface area contributed by atoms with E-state index in [1.165, 1.54) is 36.4 Å². The van der Waals surface area contributed by atoms with Gasteiger partial charge < -0.3 is 14.8 Å². The van der Waals surface area contributed by atoms with E-state index in [-0.39, 0.29) is 23.0 Å². The topological polar surface area (TPSA) is 64.6 Å². The lowest BCUT2D eigenvalue weighted by Gasteiger charge is -2.15. The Morgan fingerprint density at radius 2 is 1.88 bits per heavy atom. The van der Waals surface area contributed by atoms with Crippen molar-refractivity contribution in [3.63, 3.8) is 0 Å². The van der Waals surface area contributed by atoms with Gasteiger partial charge in [-0.2, -0.15) is 0 Å². The average Bonchev–Trinajstić information content (AvgIpc) is 2.57. The number of amides is 1. The quantitative estimate of drug-likeness (QED) is 0.784. The smallest absolute Gasteiger partial charge is 0.339 e. The van der Waals surface area contributed by atoms with E-state index >= 15 is 0 Å². The summed E-state index contributed by atoms with van der Waals surface area (Å²) in [5.74, 6) is -0.955. The molecule has 0 saturated carbocycles. The summed E-state index contributed by atoms with van der Waals surface area (Å²) in [6.07, 6.45) is -0.811. The van der Waals surface area contributed by atoms with Crippen LogP contribution in [-0.4, -0.2) is 24.6 Å². The van der Waals surface area contributed by atoms with Crippen LogP contribution in [0.15, 0.2) is 42.5 Å². The molecule has 0 unspecified atom stereocenters. The molecule has 0 radical (unpaired) electrons. The van der Waals surface area contributed by atoms with Gasteiger partial charge in [-0.05, 0) is 56.3 Å². The highest BCUT2D eigenvalue weighted by molar-refractivity contribution is 6.34. The summed E-state index contributed by atoms with van der Waals surface area (Å²) in [7, 11) is 0. The van der Waals surface area contributed by atoms with Gasteiger partial charge in [-0.15, -0.1) is 0 Å². The number of hydrogen-bond donors (Lipinski definition) is 1. The molecule has 0 aliphatic heterocycles. The summed E-state index contributed by atoms with van der Waals surface area (Å²) in [5.41, 5.74) is 0.634. The number of anilines is 1. The van der Waals surface area contributed by atoms with E-state index in [9.17, 15) is 14.0 Å². The van der Waals surface area contributed by atoms with E-state index in [0.717, 1.165) is 0 Å². The Kier molecular flexibility index (Phi) is 6.36. The Morgan fingerprint density at radius 3 is 2.48 bits per heavy atom. The fourth-order valence-corrected chi connectivity index (χ4v) is 2.24. The highest BCUT2D eigenvalue weighted by atomic mass is 35.5. The van der Waals surface area contributed by atoms with E-state index in [4.69, 9.17) is 21.1 Å². The van der Waals surface area contributed by atoms with Gasteiger partial charge in [0.25, 0.3) is 5.91 Å². The number of esters is 1. The number of nitrogens with one attached hydrogen (secondary N) is 1. The normalized spacial score (nSPS) is 11.5. The molecule has 0 heterocycles. The monoisotopic (exact) mass is 365 g/mol. The molecule has 0 saturated heterocycles. The number of hydrogen-bond acceptors (Lipinski definition) is 4. The lowest BCUT2D eigenvalue weighted by atomic mass is 10.2. The molecule has 0 aliphatic rings. The highest BCUT2D eigenvalue weighted by Gasteiger charge is 2.17. The fourth-order valence-electron chi connectivity index (χ4n) is 1.98. The van der Waals surface area contributed by atoms with Crippen LogP contribution in [0, 0.1) is 5.82 Å². The van der Waals surface area contributed by atoms with E-state index in [1.54, 1.807) is 19.9 Å². The summed E-state index contributed by atoms with van der Waals surface area (Å²) < 4.78 is 23.2. The lowest BCUT2D eigenvalue weighted by molar-refractivity contribution is -0.122. The van der Waals surface area contributed by atoms with E-state index in [0.29, 0.717) is 11.4 Å². The molecule has 1 amide bonds. The Hall–Kier alpha value is -2.60. The molecular weight excluding hydrogens is 349 g/mol. The second-order valence-corrected chi connectivity index (χ2v) is 5.53. The Bertz CT molecular complexity index is 764. The highest BCUT2D eigenvalue weighted by Crippen LogP contribution is 2.22. The van der Waals surface area contributed by atoms with Gasteiger partial charge in [0.2, 0.25) is 0 Å². The second-order valence-electron chi connectivity index (χ2n) is 5.12. The Balaban J connectivity index is 2.00. The number of benzene rings is 2. The van der Waals surface area contributed by atoms with Crippen molar-refractivity contribution in [3.8, 4) is 5.75 Å². The minimum Gasteiger partial charge on any atom is -0.481 e. The molecule has 2 aromatic carbocycles. The molecule has 0 spiro atoms.